The second-order valence-electron chi connectivity index (χ2n) is 7.90. The van der Waals surface area contributed by atoms with Crippen molar-refractivity contribution >= 4 is 23.4 Å². The maximum atomic E-state index is 14.1. The standard InChI is InChI=1S/C25H24FN5O3S/c1-33-21-10-5-4-9-20(21)31-24(22-11-6-16-34-22)27-28-25(31)35-17-23(32)30-14-12-29(13-15-30)19-8-3-2-7-18(19)26/h2-11,16H,12-15,17H2,1H3. The molecular formula is C25H24FN5O3S. The minimum Gasteiger partial charge on any atom is -0.495 e. The second-order valence-corrected chi connectivity index (χ2v) is 8.84. The van der Waals surface area contributed by atoms with Crippen molar-refractivity contribution in [3.63, 3.8) is 0 Å². The van der Waals surface area contributed by atoms with Gasteiger partial charge >= 0.3 is 0 Å². The quantitative estimate of drug-likeness (QED) is 0.359. The lowest BCUT2D eigenvalue weighted by Gasteiger charge is -2.36. The minimum absolute atomic E-state index is 0.00249. The molecule has 0 atom stereocenters. The first-order chi connectivity index (χ1) is 17.2. The minimum atomic E-state index is -0.245. The predicted octanol–water partition coefficient (Wildman–Crippen LogP) is 4.12. The Hall–Kier alpha value is -3.79. The highest BCUT2D eigenvalue weighted by Gasteiger charge is 2.25. The SMILES string of the molecule is COc1ccccc1-n1c(SCC(=O)N2CCN(c3ccccc3F)CC2)nnc1-c1ccco1. The van der Waals surface area contributed by atoms with Crippen LogP contribution >= 0.6 is 11.8 Å². The van der Waals surface area contributed by atoms with Crippen LogP contribution in [0, 0.1) is 5.82 Å². The van der Waals surface area contributed by atoms with Crippen LogP contribution in [0.3, 0.4) is 0 Å². The molecule has 35 heavy (non-hydrogen) atoms. The lowest BCUT2D eigenvalue weighted by molar-refractivity contribution is -0.128. The number of carbonyl (C=O) groups is 1. The van der Waals surface area contributed by atoms with Crippen LogP contribution in [0.5, 0.6) is 5.75 Å². The van der Waals surface area contributed by atoms with Crippen molar-refractivity contribution in [2.24, 2.45) is 0 Å². The molecular weight excluding hydrogens is 469 g/mol. The lowest BCUT2D eigenvalue weighted by Crippen LogP contribution is -2.49. The Morgan fingerprint density at radius 3 is 2.46 bits per heavy atom. The summed E-state index contributed by atoms with van der Waals surface area (Å²) in [6.45, 7) is 2.23. The number of hydrogen-bond donors (Lipinski definition) is 0. The average molecular weight is 494 g/mol. The first-order valence-corrected chi connectivity index (χ1v) is 12.2. The first kappa shape index (κ1) is 23.0. The van der Waals surface area contributed by atoms with E-state index in [1.807, 2.05) is 50.8 Å². The van der Waals surface area contributed by atoms with Crippen LogP contribution in [-0.4, -0.2) is 64.6 Å². The van der Waals surface area contributed by atoms with Crippen molar-refractivity contribution in [3.05, 3.63) is 72.7 Å². The molecule has 1 saturated heterocycles. The Kier molecular flexibility index (Phi) is 6.71. The van der Waals surface area contributed by atoms with Crippen molar-refractivity contribution in [2.45, 2.75) is 5.16 Å². The number of benzene rings is 2. The number of thioether (sulfide) groups is 1. The smallest absolute Gasteiger partial charge is 0.233 e. The maximum Gasteiger partial charge on any atom is 0.233 e. The van der Waals surface area contributed by atoms with Crippen LogP contribution in [0.1, 0.15) is 0 Å². The van der Waals surface area contributed by atoms with E-state index in [0.29, 0.717) is 54.4 Å². The number of ether oxygens (including phenoxy) is 1. The highest BCUT2D eigenvalue weighted by molar-refractivity contribution is 7.99. The summed E-state index contributed by atoms with van der Waals surface area (Å²) in [5.41, 5.74) is 1.32. The van der Waals surface area contributed by atoms with E-state index >= 15 is 0 Å². The van der Waals surface area contributed by atoms with Crippen molar-refractivity contribution in [1.82, 2.24) is 19.7 Å². The number of halogens is 1. The van der Waals surface area contributed by atoms with Gasteiger partial charge in [-0.3, -0.25) is 9.36 Å². The number of aromatic nitrogens is 3. The molecule has 1 fully saturated rings. The average Bonchev–Trinajstić information content (AvgIpc) is 3.58. The van der Waals surface area contributed by atoms with E-state index in [1.165, 1.54) is 17.8 Å². The molecule has 0 spiro atoms. The van der Waals surface area contributed by atoms with Gasteiger partial charge in [0.25, 0.3) is 0 Å². The zero-order valence-corrected chi connectivity index (χ0v) is 19.9. The molecule has 2 aromatic heterocycles. The van der Waals surface area contributed by atoms with Crippen LogP contribution in [0.4, 0.5) is 10.1 Å². The van der Waals surface area contributed by atoms with Gasteiger partial charge in [0.2, 0.25) is 11.7 Å². The normalized spacial score (nSPS) is 13.8. The fourth-order valence-electron chi connectivity index (χ4n) is 4.08. The van der Waals surface area contributed by atoms with Gasteiger partial charge in [-0.15, -0.1) is 10.2 Å². The second kappa shape index (κ2) is 10.2. The van der Waals surface area contributed by atoms with Crippen molar-refractivity contribution in [3.8, 4) is 23.0 Å². The largest absolute Gasteiger partial charge is 0.495 e. The third kappa shape index (κ3) is 4.74. The summed E-state index contributed by atoms with van der Waals surface area (Å²) >= 11 is 1.31. The topological polar surface area (TPSA) is 76.6 Å². The molecule has 5 rings (SSSR count). The fraction of sp³-hybridized carbons (Fsp3) is 0.240. The molecule has 10 heteroatoms. The van der Waals surface area contributed by atoms with Gasteiger partial charge < -0.3 is 19.0 Å². The van der Waals surface area contributed by atoms with Gasteiger partial charge in [-0.25, -0.2) is 4.39 Å². The Morgan fingerprint density at radius 2 is 1.74 bits per heavy atom. The molecule has 1 amide bonds. The molecule has 0 radical (unpaired) electrons. The lowest BCUT2D eigenvalue weighted by atomic mass is 10.2. The number of rotatable bonds is 7. The summed E-state index contributed by atoms with van der Waals surface area (Å²) in [6.07, 6.45) is 1.58. The monoisotopic (exact) mass is 493 g/mol. The summed E-state index contributed by atoms with van der Waals surface area (Å²) in [6, 6.07) is 17.9. The molecule has 0 bridgehead atoms. The predicted molar refractivity (Wildman–Crippen MR) is 132 cm³/mol. The number of anilines is 1. The zero-order valence-electron chi connectivity index (χ0n) is 19.1. The molecule has 8 nitrogen and oxygen atoms in total. The van der Waals surface area contributed by atoms with Crippen molar-refractivity contribution < 1.29 is 18.3 Å². The Bertz CT molecular complexity index is 1300. The molecule has 1 aliphatic rings. The number of para-hydroxylation sites is 3. The fourth-order valence-corrected chi connectivity index (χ4v) is 4.93. The summed E-state index contributed by atoms with van der Waals surface area (Å²) in [4.78, 5) is 16.8. The maximum absolute atomic E-state index is 14.1. The summed E-state index contributed by atoms with van der Waals surface area (Å²) in [5, 5.41) is 9.23. The van der Waals surface area contributed by atoms with E-state index in [9.17, 15) is 9.18 Å². The molecule has 1 aliphatic heterocycles. The third-order valence-electron chi connectivity index (χ3n) is 5.85. The number of nitrogens with zero attached hydrogens (tertiary/aromatic N) is 5. The van der Waals surface area contributed by atoms with Crippen molar-refractivity contribution in [2.75, 3.05) is 43.9 Å². The molecule has 0 saturated carbocycles. The summed E-state index contributed by atoms with van der Waals surface area (Å²) in [7, 11) is 1.60. The van der Waals surface area contributed by atoms with Crippen LogP contribution in [0.2, 0.25) is 0 Å². The Labute approximate surface area is 206 Å². The molecule has 0 N–H and O–H groups in total. The number of furan rings is 1. The number of amides is 1. The molecule has 4 aromatic rings. The van der Waals surface area contributed by atoms with E-state index in [4.69, 9.17) is 9.15 Å². The van der Waals surface area contributed by atoms with Crippen molar-refractivity contribution in [1.29, 1.82) is 0 Å². The number of carbonyl (C=O) groups excluding carboxylic acids is 1. The van der Waals surface area contributed by atoms with Gasteiger partial charge in [0.05, 0.1) is 30.5 Å². The molecule has 0 aliphatic carbocycles. The first-order valence-electron chi connectivity index (χ1n) is 11.2. The zero-order chi connectivity index (χ0) is 24.2. The van der Waals surface area contributed by atoms with Gasteiger partial charge in [0, 0.05) is 26.2 Å². The van der Waals surface area contributed by atoms with Crippen LogP contribution in [0.15, 0.2) is 76.5 Å². The van der Waals surface area contributed by atoms with Gasteiger partial charge in [0.1, 0.15) is 11.6 Å². The highest BCUT2D eigenvalue weighted by atomic mass is 32.2. The number of methoxy groups -OCH3 is 1. The Balaban J connectivity index is 1.30. The Morgan fingerprint density at radius 1 is 1.00 bits per heavy atom. The number of hydrogen-bond acceptors (Lipinski definition) is 7. The van der Waals surface area contributed by atoms with Gasteiger partial charge in [-0.05, 0) is 36.4 Å². The number of piperazine rings is 1. The van der Waals surface area contributed by atoms with Gasteiger partial charge in [-0.1, -0.05) is 36.0 Å². The molecule has 0 unspecified atom stereocenters. The summed E-state index contributed by atoms with van der Waals surface area (Å²) in [5.74, 6) is 1.69. The van der Waals surface area contributed by atoms with Gasteiger partial charge in [-0.2, -0.15) is 0 Å². The highest BCUT2D eigenvalue weighted by Crippen LogP contribution is 2.32. The molecule has 3 heterocycles. The van der Waals surface area contributed by atoms with E-state index < -0.39 is 0 Å². The van der Waals surface area contributed by atoms with E-state index in [2.05, 4.69) is 10.2 Å². The van der Waals surface area contributed by atoms with E-state index in [1.54, 1.807) is 31.6 Å². The van der Waals surface area contributed by atoms with Gasteiger partial charge in [0.15, 0.2) is 10.9 Å². The van der Waals surface area contributed by atoms with Crippen LogP contribution < -0.4 is 9.64 Å². The molecule has 180 valence electrons. The van der Waals surface area contributed by atoms with E-state index in [-0.39, 0.29) is 17.5 Å². The van der Waals surface area contributed by atoms with Crippen LogP contribution in [0.25, 0.3) is 17.3 Å². The molecule has 2 aromatic carbocycles. The summed E-state index contributed by atoms with van der Waals surface area (Å²) < 4.78 is 27.1. The third-order valence-corrected chi connectivity index (χ3v) is 6.76. The van der Waals surface area contributed by atoms with E-state index in [0.717, 1.165) is 5.69 Å². The van der Waals surface area contributed by atoms with Crippen LogP contribution in [-0.2, 0) is 4.79 Å².